The number of aliphatic carboxylic acids is 1. The Kier molecular flexibility index (Phi) is 5.64. The second-order valence-electron chi connectivity index (χ2n) is 6.23. The van der Waals surface area contributed by atoms with E-state index in [9.17, 15) is 14.7 Å². The molecule has 0 fully saturated rings. The van der Waals surface area contributed by atoms with Crippen LogP contribution in [0.3, 0.4) is 0 Å². The van der Waals surface area contributed by atoms with Gasteiger partial charge in [-0.05, 0) is 28.3 Å². The summed E-state index contributed by atoms with van der Waals surface area (Å²) >= 11 is 0. The topological polar surface area (TPSA) is 63.6 Å². The van der Waals surface area contributed by atoms with E-state index in [0.29, 0.717) is 6.42 Å². The van der Waals surface area contributed by atoms with Gasteiger partial charge in [-0.2, -0.15) is 0 Å². The van der Waals surface area contributed by atoms with Crippen molar-refractivity contribution >= 4 is 22.7 Å². The first kappa shape index (κ1) is 17.7. The average Bonchev–Trinajstić information content (AvgIpc) is 2.66. The van der Waals surface area contributed by atoms with Gasteiger partial charge in [0.2, 0.25) is 0 Å². The van der Waals surface area contributed by atoms with E-state index in [1.807, 2.05) is 72.8 Å². The molecule has 0 aliphatic carbocycles. The van der Waals surface area contributed by atoms with Crippen LogP contribution >= 0.6 is 0 Å². The first-order valence-corrected chi connectivity index (χ1v) is 8.52. The number of esters is 1. The van der Waals surface area contributed by atoms with Crippen LogP contribution in [0.4, 0.5) is 0 Å². The summed E-state index contributed by atoms with van der Waals surface area (Å²) in [5, 5.41) is 11.3. The highest BCUT2D eigenvalue weighted by atomic mass is 16.5. The fourth-order valence-electron chi connectivity index (χ4n) is 3.03. The second kappa shape index (κ2) is 8.30. The number of ether oxygens (including phenoxy) is 1. The summed E-state index contributed by atoms with van der Waals surface area (Å²) in [7, 11) is 0. The zero-order valence-electron chi connectivity index (χ0n) is 14.3. The van der Waals surface area contributed by atoms with E-state index in [-0.39, 0.29) is 13.0 Å². The molecule has 0 unspecified atom stereocenters. The van der Waals surface area contributed by atoms with Gasteiger partial charge in [-0.1, -0.05) is 72.8 Å². The number of hydrogen-bond acceptors (Lipinski definition) is 3. The number of rotatable bonds is 7. The third-order valence-electron chi connectivity index (χ3n) is 4.32. The number of benzene rings is 3. The molecule has 0 saturated carbocycles. The molecule has 3 aromatic carbocycles. The molecule has 26 heavy (non-hydrogen) atoms. The maximum Gasteiger partial charge on any atom is 0.310 e. The lowest BCUT2D eigenvalue weighted by Crippen LogP contribution is -2.23. The predicted molar refractivity (Wildman–Crippen MR) is 99.6 cm³/mol. The minimum Gasteiger partial charge on any atom is -0.481 e. The normalized spacial score (nSPS) is 11.8. The van der Waals surface area contributed by atoms with E-state index in [1.54, 1.807) is 0 Å². The monoisotopic (exact) mass is 348 g/mol. The smallest absolute Gasteiger partial charge is 0.310 e. The molecule has 0 heterocycles. The molecular weight excluding hydrogens is 328 g/mol. The second-order valence-corrected chi connectivity index (χ2v) is 6.23. The van der Waals surface area contributed by atoms with E-state index in [2.05, 4.69) is 0 Å². The van der Waals surface area contributed by atoms with Crippen molar-refractivity contribution in [1.29, 1.82) is 0 Å². The van der Waals surface area contributed by atoms with Crippen molar-refractivity contribution in [2.45, 2.75) is 19.4 Å². The van der Waals surface area contributed by atoms with Gasteiger partial charge in [-0.25, -0.2) is 0 Å². The van der Waals surface area contributed by atoms with Gasteiger partial charge >= 0.3 is 11.9 Å². The molecule has 0 aliphatic rings. The number of hydrogen-bond donors (Lipinski definition) is 1. The van der Waals surface area contributed by atoms with Gasteiger partial charge in [-0.15, -0.1) is 0 Å². The van der Waals surface area contributed by atoms with Crippen LogP contribution in [0, 0.1) is 5.92 Å². The lowest BCUT2D eigenvalue weighted by Gasteiger charge is -2.16. The maximum absolute atomic E-state index is 12.5. The lowest BCUT2D eigenvalue weighted by molar-refractivity contribution is -0.154. The fourth-order valence-corrected chi connectivity index (χ4v) is 3.03. The van der Waals surface area contributed by atoms with Crippen LogP contribution in [-0.4, -0.2) is 17.0 Å². The van der Waals surface area contributed by atoms with Crippen molar-refractivity contribution in [2.24, 2.45) is 5.92 Å². The molecule has 1 atom stereocenters. The van der Waals surface area contributed by atoms with E-state index in [1.165, 1.54) is 0 Å². The third kappa shape index (κ3) is 4.48. The zero-order valence-corrected chi connectivity index (χ0v) is 14.3. The molecule has 132 valence electrons. The standard InChI is InChI=1S/C22H20O4/c23-21(24)14-19(22(25)26-15-16-7-2-1-3-8-16)13-18-11-6-10-17-9-4-5-12-20(17)18/h1-12,19H,13-15H2,(H,23,24)/t19-/m1/s1. The SMILES string of the molecule is O=C(O)C[C@@H](Cc1cccc2ccccc12)C(=O)OCc1ccccc1. The highest BCUT2D eigenvalue weighted by Gasteiger charge is 2.24. The number of carbonyl (C=O) groups is 2. The zero-order chi connectivity index (χ0) is 18.4. The summed E-state index contributed by atoms with van der Waals surface area (Å²) in [5.41, 5.74) is 1.83. The molecule has 4 heteroatoms. The maximum atomic E-state index is 12.5. The molecular formula is C22H20O4. The Morgan fingerprint density at radius 1 is 0.885 bits per heavy atom. The van der Waals surface area contributed by atoms with Gasteiger partial charge in [0.05, 0.1) is 12.3 Å². The highest BCUT2D eigenvalue weighted by molar-refractivity contribution is 5.87. The van der Waals surface area contributed by atoms with E-state index in [0.717, 1.165) is 21.9 Å². The quantitative estimate of drug-likeness (QED) is 0.650. The molecule has 4 nitrogen and oxygen atoms in total. The summed E-state index contributed by atoms with van der Waals surface area (Å²) in [6.07, 6.45) is 0.0815. The number of carbonyl (C=O) groups excluding carboxylic acids is 1. The van der Waals surface area contributed by atoms with E-state index < -0.39 is 17.9 Å². The van der Waals surface area contributed by atoms with Crippen molar-refractivity contribution in [2.75, 3.05) is 0 Å². The highest BCUT2D eigenvalue weighted by Crippen LogP contribution is 2.23. The van der Waals surface area contributed by atoms with Crippen LogP contribution in [0.1, 0.15) is 17.5 Å². The molecule has 0 bridgehead atoms. The van der Waals surface area contributed by atoms with Gasteiger partial charge in [0.1, 0.15) is 6.61 Å². The molecule has 3 aromatic rings. The van der Waals surface area contributed by atoms with Crippen LogP contribution < -0.4 is 0 Å². The Hall–Kier alpha value is -3.14. The lowest BCUT2D eigenvalue weighted by atomic mass is 9.93. The van der Waals surface area contributed by atoms with Crippen LogP contribution in [-0.2, 0) is 27.4 Å². The molecule has 3 rings (SSSR count). The summed E-state index contributed by atoms with van der Waals surface area (Å²) < 4.78 is 5.37. The van der Waals surface area contributed by atoms with Gasteiger partial charge < -0.3 is 9.84 Å². The largest absolute Gasteiger partial charge is 0.481 e. The average molecular weight is 348 g/mol. The van der Waals surface area contributed by atoms with E-state index >= 15 is 0 Å². The first-order chi connectivity index (χ1) is 12.6. The molecule has 0 aliphatic heterocycles. The Balaban J connectivity index is 1.76. The van der Waals surface area contributed by atoms with Crippen molar-refractivity contribution in [3.05, 3.63) is 83.9 Å². The Bertz CT molecular complexity index is 897. The molecule has 0 spiro atoms. The van der Waals surface area contributed by atoms with E-state index in [4.69, 9.17) is 4.74 Å². The van der Waals surface area contributed by atoms with Crippen LogP contribution in [0.15, 0.2) is 72.8 Å². The molecule has 0 radical (unpaired) electrons. The Morgan fingerprint density at radius 2 is 1.58 bits per heavy atom. The van der Waals surface area contributed by atoms with Crippen LogP contribution in [0.25, 0.3) is 10.8 Å². The first-order valence-electron chi connectivity index (χ1n) is 8.52. The number of carboxylic acids is 1. The molecule has 0 amide bonds. The van der Waals surface area contributed by atoms with Crippen molar-refractivity contribution < 1.29 is 19.4 Å². The number of fused-ring (bicyclic) bond motifs is 1. The fraction of sp³-hybridized carbons (Fsp3) is 0.182. The third-order valence-corrected chi connectivity index (χ3v) is 4.32. The minimum absolute atomic E-state index is 0.144. The van der Waals surface area contributed by atoms with Crippen molar-refractivity contribution in [3.8, 4) is 0 Å². The van der Waals surface area contributed by atoms with Crippen LogP contribution in [0.5, 0.6) is 0 Å². The van der Waals surface area contributed by atoms with Crippen LogP contribution in [0.2, 0.25) is 0 Å². The summed E-state index contributed by atoms with van der Waals surface area (Å²) in [6.45, 7) is 0.144. The van der Waals surface area contributed by atoms with Crippen molar-refractivity contribution in [3.63, 3.8) is 0 Å². The van der Waals surface area contributed by atoms with Gasteiger partial charge in [0.25, 0.3) is 0 Å². The minimum atomic E-state index is -1.01. The Morgan fingerprint density at radius 3 is 2.35 bits per heavy atom. The summed E-state index contributed by atoms with van der Waals surface area (Å²) in [5.74, 6) is -2.21. The molecule has 0 saturated heterocycles. The number of carboxylic acid groups (broad SMARTS) is 1. The van der Waals surface area contributed by atoms with Gasteiger partial charge in [0, 0.05) is 0 Å². The summed E-state index contributed by atoms with van der Waals surface area (Å²) in [4.78, 5) is 23.7. The molecule has 1 N–H and O–H groups in total. The predicted octanol–water partition coefficient (Wildman–Crippen LogP) is 4.22. The summed E-state index contributed by atoms with van der Waals surface area (Å²) in [6, 6.07) is 23.1. The van der Waals surface area contributed by atoms with Gasteiger partial charge in [0.15, 0.2) is 0 Å². The molecule has 0 aromatic heterocycles. The van der Waals surface area contributed by atoms with Crippen molar-refractivity contribution in [1.82, 2.24) is 0 Å². The Labute approximate surface area is 152 Å². The van der Waals surface area contributed by atoms with Gasteiger partial charge in [-0.3, -0.25) is 9.59 Å².